The Kier molecular flexibility index (Phi) is 3.25. The topological polar surface area (TPSA) is 89.3 Å². The van der Waals surface area contributed by atoms with E-state index in [0.29, 0.717) is 5.70 Å². The van der Waals surface area contributed by atoms with Gasteiger partial charge in [-0.25, -0.2) is 0 Å². The third-order valence-corrected chi connectivity index (χ3v) is 1.75. The summed E-state index contributed by atoms with van der Waals surface area (Å²) < 4.78 is 0. The maximum Gasteiger partial charge on any atom is 0.324 e. The molecule has 0 heterocycles. The first kappa shape index (κ1) is 10.3. The zero-order chi connectivity index (χ0) is 10.6. The van der Waals surface area contributed by atoms with Gasteiger partial charge in [0.15, 0.2) is 0 Å². The van der Waals surface area contributed by atoms with E-state index in [1.807, 2.05) is 18.2 Å². The average Bonchev–Trinajstić information content (AvgIpc) is 2.19. The molecule has 4 nitrogen and oxygen atoms in total. The first-order valence-corrected chi connectivity index (χ1v) is 4.12. The number of carboxylic acids is 1. The highest BCUT2D eigenvalue weighted by molar-refractivity contribution is 5.79. The smallest absolute Gasteiger partial charge is 0.324 e. The first-order valence-electron chi connectivity index (χ1n) is 4.12. The van der Waals surface area contributed by atoms with Crippen LogP contribution in [0.3, 0.4) is 0 Å². The van der Waals surface area contributed by atoms with Gasteiger partial charge in [-0.2, -0.15) is 0 Å². The van der Waals surface area contributed by atoms with Crippen LogP contribution >= 0.6 is 0 Å². The molecular weight excluding hydrogens is 180 g/mol. The van der Waals surface area contributed by atoms with Crippen LogP contribution < -0.4 is 11.5 Å². The molecular formula is C10H12N2O2. The summed E-state index contributed by atoms with van der Waals surface area (Å²) in [7, 11) is 0. The molecule has 0 aliphatic rings. The maximum atomic E-state index is 10.4. The van der Waals surface area contributed by atoms with Gasteiger partial charge in [0.1, 0.15) is 6.04 Å². The van der Waals surface area contributed by atoms with E-state index in [2.05, 4.69) is 0 Å². The van der Waals surface area contributed by atoms with E-state index in [0.717, 1.165) is 5.56 Å². The SMILES string of the molecule is N/C(=C\C(N)C(=O)O)c1ccccc1. The van der Waals surface area contributed by atoms with Gasteiger partial charge in [0.25, 0.3) is 0 Å². The van der Waals surface area contributed by atoms with Crippen molar-refractivity contribution in [1.82, 2.24) is 0 Å². The summed E-state index contributed by atoms with van der Waals surface area (Å²) in [6.07, 6.45) is 1.32. The molecule has 14 heavy (non-hydrogen) atoms. The molecule has 1 aromatic carbocycles. The van der Waals surface area contributed by atoms with Gasteiger partial charge >= 0.3 is 5.97 Å². The lowest BCUT2D eigenvalue weighted by molar-refractivity contribution is -0.137. The number of benzene rings is 1. The van der Waals surface area contributed by atoms with E-state index < -0.39 is 12.0 Å². The van der Waals surface area contributed by atoms with Crippen LogP contribution in [-0.4, -0.2) is 17.1 Å². The predicted molar refractivity (Wildman–Crippen MR) is 54.2 cm³/mol. The van der Waals surface area contributed by atoms with Crippen LogP contribution in [0.2, 0.25) is 0 Å². The second-order valence-corrected chi connectivity index (χ2v) is 2.85. The van der Waals surface area contributed by atoms with Gasteiger partial charge in [-0.3, -0.25) is 4.79 Å². The minimum absolute atomic E-state index is 0.375. The summed E-state index contributed by atoms with van der Waals surface area (Å²) in [6.45, 7) is 0. The number of hydrogen-bond acceptors (Lipinski definition) is 3. The van der Waals surface area contributed by atoms with Crippen molar-refractivity contribution in [1.29, 1.82) is 0 Å². The minimum Gasteiger partial charge on any atom is -0.480 e. The summed E-state index contributed by atoms with van der Waals surface area (Å²) in [6, 6.07) is 8.02. The van der Waals surface area contributed by atoms with E-state index in [1.165, 1.54) is 6.08 Å². The Labute approximate surface area is 81.8 Å². The Hall–Kier alpha value is -1.81. The van der Waals surface area contributed by atoms with Crippen LogP contribution in [0.15, 0.2) is 36.4 Å². The second-order valence-electron chi connectivity index (χ2n) is 2.85. The summed E-state index contributed by atoms with van der Waals surface area (Å²) >= 11 is 0. The highest BCUT2D eigenvalue weighted by Crippen LogP contribution is 2.07. The summed E-state index contributed by atoms with van der Waals surface area (Å²) in [5.74, 6) is -1.09. The number of rotatable bonds is 3. The molecule has 0 spiro atoms. The molecule has 1 unspecified atom stereocenters. The molecule has 0 saturated heterocycles. The highest BCUT2D eigenvalue weighted by Gasteiger charge is 2.08. The van der Waals surface area contributed by atoms with Crippen molar-refractivity contribution in [3.05, 3.63) is 42.0 Å². The molecule has 1 rings (SSSR count). The van der Waals surface area contributed by atoms with Crippen LogP contribution in [0.25, 0.3) is 5.70 Å². The van der Waals surface area contributed by atoms with E-state index in [-0.39, 0.29) is 0 Å². The van der Waals surface area contributed by atoms with Crippen LogP contribution in [0.1, 0.15) is 5.56 Å². The standard InChI is InChI=1S/C10H12N2O2/c11-8(6-9(12)10(13)14)7-4-2-1-3-5-7/h1-6,9H,11-12H2,(H,13,14)/b8-6-. The van der Waals surface area contributed by atoms with E-state index in [1.54, 1.807) is 12.1 Å². The van der Waals surface area contributed by atoms with Gasteiger partial charge in [-0.15, -0.1) is 0 Å². The molecule has 0 fully saturated rings. The van der Waals surface area contributed by atoms with Gasteiger partial charge in [0.05, 0.1) is 0 Å². The molecule has 0 amide bonds. The molecule has 74 valence electrons. The Morgan fingerprint density at radius 3 is 2.43 bits per heavy atom. The zero-order valence-corrected chi connectivity index (χ0v) is 7.55. The third-order valence-electron chi connectivity index (χ3n) is 1.75. The fraction of sp³-hybridized carbons (Fsp3) is 0.100. The lowest BCUT2D eigenvalue weighted by Crippen LogP contribution is -2.28. The summed E-state index contributed by atoms with van der Waals surface area (Å²) in [5, 5.41) is 8.55. The lowest BCUT2D eigenvalue weighted by atomic mass is 10.1. The normalized spacial score (nSPS) is 13.6. The predicted octanol–water partition coefficient (Wildman–Crippen LogP) is 0.398. The first-order chi connectivity index (χ1) is 6.61. The Balaban J connectivity index is 2.85. The Morgan fingerprint density at radius 1 is 1.36 bits per heavy atom. The van der Waals surface area contributed by atoms with Gasteiger partial charge in [-0.1, -0.05) is 30.3 Å². The summed E-state index contributed by atoms with van der Waals surface area (Å²) in [4.78, 5) is 10.4. The number of aliphatic carboxylic acids is 1. The van der Waals surface area contributed by atoms with Gasteiger partial charge in [-0.05, 0) is 11.6 Å². The van der Waals surface area contributed by atoms with Crippen molar-refractivity contribution in [2.75, 3.05) is 0 Å². The molecule has 4 heteroatoms. The van der Waals surface area contributed by atoms with E-state index in [9.17, 15) is 4.79 Å². The number of nitrogens with two attached hydrogens (primary N) is 2. The quantitative estimate of drug-likeness (QED) is 0.646. The van der Waals surface area contributed by atoms with Crippen LogP contribution in [0, 0.1) is 0 Å². The molecule has 0 radical (unpaired) electrons. The molecule has 0 saturated carbocycles. The van der Waals surface area contributed by atoms with Crippen molar-refractivity contribution < 1.29 is 9.90 Å². The molecule has 0 aromatic heterocycles. The van der Waals surface area contributed by atoms with Crippen molar-refractivity contribution in [2.24, 2.45) is 11.5 Å². The summed E-state index contributed by atoms with van der Waals surface area (Å²) in [5.41, 5.74) is 12.1. The van der Waals surface area contributed by atoms with Crippen LogP contribution in [-0.2, 0) is 4.79 Å². The van der Waals surface area contributed by atoms with Gasteiger partial charge in [0, 0.05) is 5.70 Å². The largest absolute Gasteiger partial charge is 0.480 e. The molecule has 5 N–H and O–H groups in total. The monoisotopic (exact) mass is 192 g/mol. The van der Waals surface area contributed by atoms with Crippen molar-refractivity contribution in [3.63, 3.8) is 0 Å². The van der Waals surface area contributed by atoms with Crippen molar-refractivity contribution in [2.45, 2.75) is 6.04 Å². The second kappa shape index (κ2) is 4.43. The Morgan fingerprint density at radius 2 is 1.93 bits per heavy atom. The third kappa shape index (κ3) is 2.60. The number of carbonyl (C=O) groups is 1. The van der Waals surface area contributed by atoms with E-state index >= 15 is 0 Å². The molecule has 1 atom stereocenters. The minimum atomic E-state index is -1.09. The van der Waals surface area contributed by atoms with E-state index in [4.69, 9.17) is 16.6 Å². The highest BCUT2D eigenvalue weighted by atomic mass is 16.4. The molecule has 1 aromatic rings. The van der Waals surface area contributed by atoms with Crippen molar-refractivity contribution >= 4 is 11.7 Å². The van der Waals surface area contributed by atoms with Crippen LogP contribution in [0.4, 0.5) is 0 Å². The maximum absolute atomic E-state index is 10.4. The average molecular weight is 192 g/mol. The van der Waals surface area contributed by atoms with Gasteiger partial charge in [0.2, 0.25) is 0 Å². The fourth-order valence-electron chi connectivity index (χ4n) is 0.992. The molecule has 0 aliphatic carbocycles. The molecule has 0 bridgehead atoms. The zero-order valence-electron chi connectivity index (χ0n) is 7.55. The van der Waals surface area contributed by atoms with Gasteiger partial charge < -0.3 is 16.6 Å². The number of carboxylic acid groups (broad SMARTS) is 1. The van der Waals surface area contributed by atoms with Crippen molar-refractivity contribution in [3.8, 4) is 0 Å². The Bertz CT molecular complexity index is 346. The fourth-order valence-corrected chi connectivity index (χ4v) is 0.992. The number of hydrogen-bond donors (Lipinski definition) is 3. The van der Waals surface area contributed by atoms with Crippen LogP contribution in [0.5, 0.6) is 0 Å². The molecule has 0 aliphatic heterocycles. The lowest BCUT2D eigenvalue weighted by Gasteiger charge is -2.03.